The number of imide groups is 1. The number of para-hydroxylation sites is 1. The molecule has 5 amide bonds. The number of hydrogen-bond donors (Lipinski definition) is 3. The maximum Gasteiger partial charge on any atom is 0.325 e. The van der Waals surface area contributed by atoms with Gasteiger partial charge in [-0.1, -0.05) is 18.2 Å². The summed E-state index contributed by atoms with van der Waals surface area (Å²) in [6.45, 7) is -0.216. The number of nitrogens with two attached hydrogens (primary N) is 1. The highest BCUT2D eigenvalue weighted by molar-refractivity contribution is 7.14. The molecular formula is C18H16N4O5S. The molecule has 2 aromatic rings. The normalized spacial score (nSPS) is 20.5. The lowest BCUT2D eigenvalue weighted by molar-refractivity contribution is -0.135. The zero-order chi connectivity index (χ0) is 19.9. The Morgan fingerprint density at radius 3 is 2.86 bits per heavy atom. The number of ether oxygens (including phenoxy) is 1. The molecular weight excluding hydrogens is 384 g/mol. The van der Waals surface area contributed by atoms with E-state index in [0.717, 1.165) is 16.2 Å². The van der Waals surface area contributed by atoms with E-state index in [2.05, 4.69) is 10.6 Å². The van der Waals surface area contributed by atoms with Crippen molar-refractivity contribution in [1.29, 1.82) is 0 Å². The van der Waals surface area contributed by atoms with E-state index < -0.39 is 35.8 Å². The van der Waals surface area contributed by atoms with Gasteiger partial charge in [-0.05, 0) is 17.5 Å². The third kappa shape index (κ3) is 2.78. The number of nitrogens with one attached hydrogen (secondary N) is 2. The number of thiophene rings is 1. The van der Waals surface area contributed by atoms with Gasteiger partial charge in [0.1, 0.15) is 17.3 Å². The average molecular weight is 400 g/mol. The number of carbonyl (C=O) groups excluding carboxylic acids is 4. The van der Waals surface area contributed by atoms with Crippen LogP contribution in [-0.2, 0) is 15.1 Å². The van der Waals surface area contributed by atoms with E-state index in [0.29, 0.717) is 11.3 Å². The van der Waals surface area contributed by atoms with Gasteiger partial charge in [0, 0.05) is 12.0 Å². The first-order valence-corrected chi connectivity index (χ1v) is 9.34. The Morgan fingerprint density at radius 1 is 1.29 bits per heavy atom. The monoisotopic (exact) mass is 400 g/mol. The van der Waals surface area contributed by atoms with Crippen LogP contribution < -0.4 is 21.1 Å². The third-order valence-corrected chi connectivity index (χ3v) is 5.57. The number of urea groups is 1. The fourth-order valence-corrected chi connectivity index (χ4v) is 4.23. The molecule has 0 unspecified atom stereocenters. The molecule has 1 aromatic heterocycles. The highest BCUT2D eigenvalue weighted by Crippen LogP contribution is 2.40. The van der Waals surface area contributed by atoms with Gasteiger partial charge in [-0.2, -0.15) is 0 Å². The summed E-state index contributed by atoms with van der Waals surface area (Å²) in [6.07, 6.45) is 0.267. The second-order valence-electron chi connectivity index (χ2n) is 6.40. The summed E-state index contributed by atoms with van der Waals surface area (Å²) in [6, 6.07) is 7.82. The van der Waals surface area contributed by atoms with Gasteiger partial charge in [-0.25, -0.2) is 4.79 Å². The second kappa shape index (κ2) is 6.64. The molecule has 1 fully saturated rings. The molecule has 0 radical (unpaired) electrons. The Kier molecular flexibility index (Phi) is 4.27. The minimum Gasteiger partial charge on any atom is -0.493 e. The number of nitrogens with zero attached hydrogens (tertiary/aromatic N) is 1. The van der Waals surface area contributed by atoms with Gasteiger partial charge >= 0.3 is 6.03 Å². The third-order valence-electron chi connectivity index (χ3n) is 4.74. The van der Waals surface area contributed by atoms with Crippen molar-refractivity contribution in [3.63, 3.8) is 0 Å². The summed E-state index contributed by atoms with van der Waals surface area (Å²) in [4.78, 5) is 50.2. The molecule has 0 bridgehead atoms. The number of primary amides is 1. The molecule has 1 atom stereocenters. The molecule has 144 valence electrons. The fraction of sp³-hybridized carbons (Fsp3) is 0.222. The number of fused-ring (bicyclic) bond motifs is 2. The van der Waals surface area contributed by atoms with E-state index >= 15 is 0 Å². The van der Waals surface area contributed by atoms with Crippen molar-refractivity contribution >= 4 is 40.1 Å². The smallest absolute Gasteiger partial charge is 0.325 e. The van der Waals surface area contributed by atoms with Gasteiger partial charge < -0.3 is 21.1 Å². The van der Waals surface area contributed by atoms with Crippen LogP contribution in [0.1, 0.15) is 22.3 Å². The average Bonchev–Trinajstić information content (AvgIpc) is 3.21. The number of rotatable bonds is 4. The van der Waals surface area contributed by atoms with Crippen molar-refractivity contribution in [2.24, 2.45) is 5.73 Å². The van der Waals surface area contributed by atoms with Crippen LogP contribution >= 0.6 is 11.3 Å². The summed E-state index contributed by atoms with van der Waals surface area (Å²) in [5.41, 5.74) is 4.75. The van der Waals surface area contributed by atoms with Crippen LogP contribution in [0.4, 0.5) is 9.80 Å². The molecule has 1 aromatic carbocycles. The zero-order valence-corrected chi connectivity index (χ0v) is 15.4. The number of benzene rings is 1. The van der Waals surface area contributed by atoms with Gasteiger partial charge in [0.05, 0.1) is 12.2 Å². The Morgan fingerprint density at radius 2 is 2.07 bits per heavy atom. The summed E-state index contributed by atoms with van der Waals surface area (Å²) in [5, 5.41) is 7.14. The highest BCUT2D eigenvalue weighted by atomic mass is 32.1. The van der Waals surface area contributed by atoms with Crippen LogP contribution in [0.5, 0.6) is 5.75 Å². The molecule has 1 spiro atoms. The maximum atomic E-state index is 13.1. The van der Waals surface area contributed by atoms with Gasteiger partial charge in [0.25, 0.3) is 11.8 Å². The van der Waals surface area contributed by atoms with E-state index in [1.165, 1.54) is 6.07 Å². The molecule has 3 heterocycles. The summed E-state index contributed by atoms with van der Waals surface area (Å²) in [7, 11) is 0. The van der Waals surface area contributed by atoms with Crippen LogP contribution in [0.25, 0.3) is 0 Å². The SMILES string of the molecule is NC(=O)c1ccsc1NC(=O)CN1C(=O)N[C@@]2(CCOc3ccccc32)C1=O. The van der Waals surface area contributed by atoms with E-state index in [1.54, 1.807) is 29.6 Å². The first kappa shape index (κ1) is 18.0. The van der Waals surface area contributed by atoms with Gasteiger partial charge in [-0.15, -0.1) is 11.3 Å². The van der Waals surface area contributed by atoms with E-state index in [9.17, 15) is 19.2 Å². The van der Waals surface area contributed by atoms with E-state index in [1.807, 2.05) is 0 Å². The van der Waals surface area contributed by atoms with Crippen molar-refractivity contribution in [3.8, 4) is 5.75 Å². The molecule has 1 saturated heterocycles. The van der Waals surface area contributed by atoms with Crippen LogP contribution in [0.3, 0.4) is 0 Å². The first-order valence-electron chi connectivity index (χ1n) is 8.46. The maximum absolute atomic E-state index is 13.1. The summed E-state index contributed by atoms with van der Waals surface area (Å²) < 4.78 is 5.57. The molecule has 9 nitrogen and oxygen atoms in total. The Hall–Kier alpha value is -3.40. The predicted octanol–water partition coefficient (Wildman–Crippen LogP) is 1.02. The standard InChI is InChI=1S/C18H16N4O5S/c19-14(24)10-5-8-28-15(10)20-13(23)9-22-16(25)18(21-17(22)26)6-7-27-12-4-2-1-3-11(12)18/h1-5,8H,6-7,9H2,(H2,19,24)(H,20,23)(H,21,26)/t18-/m1/s1. The lowest BCUT2D eigenvalue weighted by Crippen LogP contribution is -2.48. The van der Waals surface area contributed by atoms with Crippen molar-refractivity contribution in [1.82, 2.24) is 10.2 Å². The topological polar surface area (TPSA) is 131 Å². The van der Waals surface area contributed by atoms with Crippen LogP contribution in [0, 0.1) is 0 Å². The molecule has 4 N–H and O–H groups in total. The van der Waals surface area contributed by atoms with Gasteiger partial charge in [0.2, 0.25) is 5.91 Å². The molecule has 4 rings (SSSR count). The van der Waals surface area contributed by atoms with Crippen LogP contribution in [-0.4, -0.2) is 41.8 Å². The minimum absolute atomic E-state index is 0.172. The van der Waals surface area contributed by atoms with Gasteiger partial charge in [-0.3, -0.25) is 19.3 Å². The fourth-order valence-electron chi connectivity index (χ4n) is 3.43. The number of hydrogen-bond acceptors (Lipinski definition) is 6. The largest absolute Gasteiger partial charge is 0.493 e. The molecule has 0 aliphatic carbocycles. The van der Waals surface area contributed by atoms with Crippen molar-refractivity contribution in [2.45, 2.75) is 12.0 Å². The molecule has 2 aliphatic heterocycles. The summed E-state index contributed by atoms with van der Waals surface area (Å²) >= 11 is 1.12. The van der Waals surface area contributed by atoms with Crippen molar-refractivity contribution < 1.29 is 23.9 Å². The number of anilines is 1. The lowest BCUT2D eigenvalue weighted by atomic mass is 9.84. The Bertz CT molecular complexity index is 1000. The van der Waals surface area contributed by atoms with E-state index in [4.69, 9.17) is 10.5 Å². The van der Waals surface area contributed by atoms with Crippen molar-refractivity contribution in [3.05, 3.63) is 46.8 Å². The lowest BCUT2D eigenvalue weighted by Gasteiger charge is -2.33. The predicted molar refractivity (Wildman–Crippen MR) is 99.9 cm³/mol. The summed E-state index contributed by atoms with van der Waals surface area (Å²) in [5.74, 6) is -1.27. The Balaban J connectivity index is 1.55. The Labute approximate surface area is 163 Å². The second-order valence-corrected chi connectivity index (χ2v) is 7.31. The van der Waals surface area contributed by atoms with Crippen LogP contribution in [0.15, 0.2) is 35.7 Å². The molecule has 0 saturated carbocycles. The van der Waals surface area contributed by atoms with Gasteiger partial charge in [0.15, 0.2) is 5.54 Å². The first-order chi connectivity index (χ1) is 13.4. The highest BCUT2D eigenvalue weighted by Gasteiger charge is 2.55. The van der Waals surface area contributed by atoms with E-state index in [-0.39, 0.29) is 23.6 Å². The molecule has 10 heteroatoms. The molecule has 2 aliphatic rings. The number of amides is 5. The minimum atomic E-state index is -1.24. The van der Waals surface area contributed by atoms with Crippen molar-refractivity contribution in [2.75, 3.05) is 18.5 Å². The van der Waals surface area contributed by atoms with Crippen LogP contribution in [0.2, 0.25) is 0 Å². The zero-order valence-electron chi connectivity index (χ0n) is 14.6. The number of carbonyl (C=O) groups is 4. The molecule has 28 heavy (non-hydrogen) atoms. The quantitative estimate of drug-likeness (QED) is 0.660.